The Morgan fingerprint density at radius 1 is 0.941 bits per heavy atom. The van der Waals surface area contributed by atoms with Crippen molar-refractivity contribution in [1.82, 2.24) is 0 Å². The molecule has 0 saturated heterocycles. The molecule has 0 radical (unpaired) electrons. The second-order valence-electron chi connectivity index (χ2n) is 5.15. The summed E-state index contributed by atoms with van der Waals surface area (Å²) >= 11 is 3.44. The van der Waals surface area contributed by atoms with Crippen LogP contribution in [-0.4, -0.2) is 5.92 Å². The van der Waals surface area contributed by atoms with Gasteiger partial charge in [-0.05, 0) is 35.4 Å². The molecule has 3 rings (SSSR count). The summed E-state index contributed by atoms with van der Waals surface area (Å²) in [5.74, 6) is -2.46. The van der Waals surface area contributed by atoms with Gasteiger partial charge in [-0.15, -0.1) is 0 Å². The van der Waals surface area contributed by atoms with Gasteiger partial charge in [-0.2, -0.15) is 0 Å². The van der Waals surface area contributed by atoms with E-state index in [0.29, 0.717) is 12.8 Å². The molecule has 0 nitrogen and oxygen atoms in total. The third-order valence-corrected chi connectivity index (χ3v) is 4.34. The van der Waals surface area contributed by atoms with Crippen LogP contribution in [0, 0.1) is 5.41 Å². The average molecular weight is 299 g/mol. The van der Waals surface area contributed by atoms with E-state index in [1.165, 1.54) is 10.4 Å². The van der Waals surface area contributed by atoms with Crippen molar-refractivity contribution in [2.45, 2.75) is 31.6 Å². The second kappa shape index (κ2) is 3.64. The first kappa shape index (κ1) is 11.4. The first-order valence-corrected chi connectivity index (χ1v) is 6.67. The molecule has 2 aliphatic carbocycles. The van der Waals surface area contributed by atoms with Crippen LogP contribution in [0.5, 0.6) is 0 Å². The predicted octanol–water partition coefficient (Wildman–Crippen LogP) is 3.22. The molecule has 2 aliphatic rings. The average Bonchev–Trinajstić information content (AvgIpc) is 2.61. The van der Waals surface area contributed by atoms with Crippen molar-refractivity contribution < 1.29 is 8.78 Å². The number of halogens is 3. The van der Waals surface area contributed by atoms with Gasteiger partial charge in [0.25, 0.3) is 0 Å². The molecular weight excluding hydrogens is 286 g/mol. The van der Waals surface area contributed by atoms with Gasteiger partial charge in [0.2, 0.25) is 5.92 Å². The minimum Gasteiger partial charge on any atom is -0.207 e. The molecule has 0 aliphatic heterocycles. The molecule has 1 fully saturated rings. The van der Waals surface area contributed by atoms with Gasteiger partial charge in [-0.3, -0.25) is 0 Å². The highest BCUT2D eigenvalue weighted by Crippen LogP contribution is 2.46. The summed E-state index contributed by atoms with van der Waals surface area (Å²) < 4.78 is 27.4. The molecule has 0 bridgehead atoms. The minimum atomic E-state index is -2.46. The van der Waals surface area contributed by atoms with E-state index in [2.05, 4.69) is 40.2 Å². The van der Waals surface area contributed by atoms with Crippen LogP contribution >= 0.6 is 15.9 Å². The highest BCUT2D eigenvalue weighted by molar-refractivity contribution is 9.10. The molecule has 0 atom stereocenters. The van der Waals surface area contributed by atoms with Gasteiger partial charge in [0, 0.05) is 22.7 Å². The summed E-state index contributed by atoms with van der Waals surface area (Å²) in [6.07, 6.45) is 5.48. The third-order valence-electron chi connectivity index (χ3n) is 3.85. The number of alkyl halides is 2. The van der Waals surface area contributed by atoms with Crippen LogP contribution in [0.4, 0.5) is 8.78 Å². The van der Waals surface area contributed by atoms with Gasteiger partial charge in [0.15, 0.2) is 0 Å². The van der Waals surface area contributed by atoms with Crippen LogP contribution in [0.2, 0.25) is 0 Å². The molecule has 1 aromatic carbocycles. The zero-order valence-electron chi connectivity index (χ0n) is 9.35. The zero-order chi connectivity index (χ0) is 12.1. The SMILES string of the molecule is FC1(F)CCC2(C=c3ccc(Br)cc3=C2)CC1. The maximum atomic E-state index is 13.2. The smallest absolute Gasteiger partial charge is 0.207 e. The largest absolute Gasteiger partial charge is 0.248 e. The first-order chi connectivity index (χ1) is 7.98. The lowest BCUT2D eigenvalue weighted by Gasteiger charge is -2.34. The maximum Gasteiger partial charge on any atom is 0.248 e. The summed E-state index contributed by atoms with van der Waals surface area (Å²) in [5.41, 5.74) is -0.120. The lowest BCUT2D eigenvalue weighted by Crippen LogP contribution is -2.29. The van der Waals surface area contributed by atoms with Crippen molar-refractivity contribution in [2.75, 3.05) is 0 Å². The second-order valence-corrected chi connectivity index (χ2v) is 6.07. The van der Waals surface area contributed by atoms with E-state index in [1.54, 1.807) is 0 Å². The standard InChI is InChI=1S/C14H13BrF2/c15-12-2-1-10-8-13(9-11(10)7-12)3-5-14(16,17)6-4-13/h1-2,7-9H,3-6H2. The zero-order valence-corrected chi connectivity index (χ0v) is 10.9. The summed E-state index contributed by atoms with van der Waals surface area (Å²) in [7, 11) is 0. The number of rotatable bonds is 0. The summed E-state index contributed by atoms with van der Waals surface area (Å²) in [5, 5.41) is 2.35. The van der Waals surface area contributed by atoms with Crippen LogP contribution in [0.1, 0.15) is 25.7 Å². The van der Waals surface area contributed by atoms with Gasteiger partial charge in [0.05, 0.1) is 0 Å². The van der Waals surface area contributed by atoms with E-state index in [9.17, 15) is 8.78 Å². The Labute approximate surface area is 107 Å². The molecule has 17 heavy (non-hydrogen) atoms. The van der Waals surface area contributed by atoms with Gasteiger partial charge < -0.3 is 0 Å². The topological polar surface area (TPSA) is 0 Å². The molecule has 3 heteroatoms. The Hall–Kier alpha value is -0.700. The molecule has 0 unspecified atom stereocenters. The van der Waals surface area contributed by atoms with Crippen LogP contribution in [0.25, 0.3) is 12.2 Å². The van der Waals surface area contributed by atoms with Crippen LogP contribution in [0.15, 0.2) is 22.7 Å². The first-order valence-electron chi connectivity index (χ1n) is 5.87. The van der Waals surface area contributed by atoms with Crippen molar-refractivity contribution in [3.05, 3.63) is 33.1 Å². The molecule has 0 aromatic heterocycles. The molecule has 90 valence electrons. The summed E-state index contributed by atoms with van der Waals surface area (Å²) in [4.78, 5) is 0. The fraction of sp³-hybridized carbons (Fsp3) is 0.429. The molecular formula is C14H13BrF2. The molecule has 0 heterocycles. The van der Waals surface area contributed by atoms with Crippen molar-refractivity contribution in [2.24, 2.45) is 5.41 Å². The van der Waals surface area contributed by atoms with Gasteiger partial charge in [-0.1, -0.05) is 34.1 Å². The Balaban J connectivity index is 1.99. The van der Waals surface area contributed by atoms with Gasteiger partial charge in [-0.25, -0.2) is 8.78 Å². The number of hydrogen-bond acceptors (Lipinski definition) is 0. The van der Waals surface area contributed by atoms with Gasteiger partial charge in [0.1, 0.15) is 0 Å². The van der Waals surface area contributed by atoms with Crippen molar-refractivity contribution in [1.29, 1.82) is 0 Å². The van der Waals surface area contributed by atoms with Crippen molar-refractivity contribution in [3.8, 4) is 0 Å². The number of hydrogen-bond donors (Lipinski definition) is 0. The number of benzene rings is 1. The van der Waals surface area contributed by atoms with Crippen molar-refractivity contribution in [3.63, 3.8) is 0 Å². The number of fused-ring (bicyclic) bond motifs is 1. The highest BCUT2D eigenvalue weighted by Gasteiger charge is 2.41. The molecule has 1 spiro atoms. The molecule has 0 N–H and O–H groups in total. The minimum absolute atomic E-state index is 0.00909. The maximum absolute atomic E-state index is 13.2. The van der Waals surface area contributed by atoms with Crippen molar-refractivity contribution >= 4 is 28.1 Å². The Bertz CT molecular complexity index is 564. The Morgan fingerprint density at radius 2 is 1.59 bits per heavy atom. The summed E-state index contributed by atoms with van der Waals surface area (Å²) in [6, 6.07) is 6.12. The normalized spacial score (nSPS) is 23.9. The molecule has 1 saturated carbocycles. The van der Waals surface area contributed by atoms with Crippen LogP contribution < -0.4 is 10.4 Å². The quantitative estimate of drug-likeness (QED) is 0.690. The lowest BCUT2D eigenvalue weighted by atomic mass is 9.74. The van der Waals surface area contributed by atoms with Crippen LogP contribution in [-0.2, 0) is 0 Å². The monoisotopic (exact) mass is 298 g/mol. The van der Waals surface area contributed by atoms with Crippen LogP contribution in [0.3, 0.4) is 0 Å². The summed E-state index contributed by atoms with van der Waals surface area (Å²) in [6.45, 7) is 0. The molecule has 1 aromatic rings. The fourth-order valence-electron chi connectivity index (χ4n) is 2.83. The Kier molecular flexibility index (Phi) is 2.44. The predicted molar refractivity (Wildman–Crippen MR) is 68.2 cm³/mol. The van der Waals surface area contributed by atoms with E-state index in [4.69, 9.17) is 0 Å². The van der Waals surface area contributed by atoms with E-state index in [1.807, 2.05) is 6.07 Å². The van der Waals surface area contributed by atoms with E-state index in [0.717, 1.165) is 4.47 Å². The molecule has 0 amide bonds. The highest BCUT2D eigenvalue weighted by atomic mass is 79.9. The Morgan fingerprint density at radius 3 is 2.29 bits per heavy atom. The van der Waals surface area contributed by atoms with Gasteiger partial charge >= 0.3 is 0 Å². The van der Waals surface area contributed by atoms with E-state index >= 15 is 0 Å². The lowest BCUT2D eigenvalue weighted by molar-refractivity contribution is -0.0463. The van der Waals surface area contributed by atoms with E-state index < -0.39 is 5.92 Å². The fourth-order valence-corrected chi connectivity index (χ4v) is 3.21. The van der Waals surface area contributed by atoms with E-state index in [-0.39, 0.29) is 18.3 Å². The third kappa shape index (κ3) is 2.05.